The fourth-order valence-electron chi connectivity index (χ4n) is 3.86. The molecule has 0 aliphatic carbocycles. The Morgan fingerprint density at radius 3 is 2.56 bits per heavy atom. The van der Waals surface area contributed by atoms with E-state index in [1.54, 1.807) is 32.2 Å². The molecule has 1 N–H and O–H groups in total. The van der Waals surface area contributed by atoms with Crippen LogP contribution in [0.5, 0.6) is 5.75 Å². The van der Waals surface area contributed by atoms with Crippen molar-refractivity contribution in [3.05, 3.63) is 109 Å². The minimum absolute atomic E-state index is 0.0368. The van der Waals surface area contributed by atoms with Crippen LogP contribution in [0.3, 0.4) is 0 Å². The van der Waals surface area contributed by atoms with Crippen LogP contribution in [-0.2, 0) is 12.2 Å². The summed E-state index contributed by atoms with van der Waals surface area (Å²) in [6.07, 6.45) is 4.48. The zero-order valence-electron chi connectivity index (χ0n) is 20.1. The van der Waals surface area contributed by atoms with Crippen LogP contribution in [0.1, 0.15) is 36.4 Å². The molecule has 186 valence electrons. The summed E-state index contributed by atoms with van der Waals surface area (Å²) in [5, 5.41) is 10.6. The Morgan fingerprint density at radius 2 is 1.89 bits per heavy atom. The Balaban J connectivity index is 1.74. The van der Waals surface area contributed by atoms with Crippen LogP contribution < -0.4 is 15.9 Å². The van der Waals surface area contributed by atoms with E-state index < -0.39 is 17.0 Å². The Morgan fingerprint density at radius 1 is 1.14 bits per heavy atom. The van der Waals surface area contributed by atoms with Gasteiger partial charge >= 0.3 is 0 Å². The van der Waals surface area contributed by atoms with Crippen molar-refractivity contribution in [1.29, 1.82) is 0 Å². The number of pyridine rings is 4. The van der Waals surface area contributed by atoms with Crippen molar-refractivity contribution in [3.8, 4) is 17.3 Å². The van der Waals surface area contributed by atoms with E-state index in [4.69, 9.17) is 16.3 Å². The number of ether oxygens (including phenoxy) is 1. The number of aromatic nitrogens is 4. The normalized spacial score (nSPS) is 11.5. The molecule has 0 unspecified atom stereocenters. The second kappa shape index (κ2) is 9.67. The largest absolute Gasteiger partial charge is 0.487 e. The molecule has 0 saturated carbocycles. The standard InChI is InChI=1S/C26H24ClFN4O4/c1-15-13-30-22(31-9-7-18(27)24(25(31)34)26(3,4)35)12-21(15)32-16(2)10-17(11-23(32)33)36-14-20-19(28)6-5-8-29-20/h5-13,35H,14H2,1-4H3. The molecule has 4 rings (SSSR count). The van der Waals surface area contributed by atoms with Gasteiger partial charge in [-0.15, -0.1) is 0 Å². The van der Waals surface area contributed by atoms with Gasteiger partial charge in [0.05, 0.1) is 21.9 Å². The molecule has 0 saturated heterocycles. The third-order valence-corrected chi connectivity index (χ3v) is 5.92. The fourth-order valence-corrected chi connectivity index (χ4v) is 4.23. The molecule has 8 nitrogen and oxygen atoms in total. The minimum atomic E-state index is -1.47. The van der Waals surface area contributed by atoms with Gasteiger partial charge in [-0.2, -0.15) is 0 Å². The van der Waals surface area contributed by atoms with E-state index in [1.807, 2.05) is 0 Å². The van der Waals surface area contributed by atoms with Crippen LogP contribution in [0.4, 0.5) is 4.39 Å². The van der Waals surface area contributed by atoms with Crippen molar-refractivity contribution in [3.63, 3.8) is 0 Å². The summed E-state index contributed by atoms with van der Waals surface area (Å²) < 4.78 is 22.2. The highest BCUT2D eigenvalue weighted by Crippen LogP contribution is 2.25. The molecule has 4 heterocycles. The molecule has 0 bridgehead atoms. The predicted molar refractivity (Wildman–Crippen MR) is 134 cm³/mol. The average molecular weight is 511 g/mol. The van der Waals surface area contributed by atoms with Crippen LogP contribution in [-0.4, -0.2) is 24.2 Å². The molecule has 0 atom stereocenters. The molecule has 0 aliphatic rings. The highest BCUT2D eigenvalue weighted by atomic mass is 35.5. The highest BCUT2D eigenvalue weighted by Gasteiger charge is 2.25. The summed E-state index contributed by atoms with van der Waals surface area (Å²) in [4.78, 5) is 34.5. The topological polar surface area (TPSA) is 99.2 Å². The SMILES string of the molecule is Cc1cnc(-n2ccc(Cl)c(C(C)(C)O)c2=O)cc1-n1c(C)cc(OCc2ncccc2F)cc1=O. The number of hydrogen-bond acceptors (Lipinski definition) is 6. The van der Waals surface area contributed by atoms with Crippen LogP contribution in [0.15, 0.2) is 64.6 Å². The highest BCUT2D eigenvalue weighted by molar-refractivity contribution is 6.31. The first-order chi connectivity index (χ1) is 17.0. The van der Waals surface area contributed by atoms with E-state index in [0.717, 1.165) is 0 Å². The van der Waals surface area contributed by atoms with E-state index in [9.17, 15) is 19.1 Å². The summed E-state index contributed by atoms with van der Waals surface area (Å²) in [6, 6.07) is 8.84. The zero-order valence-corrected chi connectivity index (χ0v) is 20.9. The maximum Gasteiger partial charge on any atom is 0.263 e. The Hall–Kier alpha value is -3.82. The van der Waals surface area contributed by atoms with E-state index in [1.165, 1.54) is 59.6 Å². The van der Waals surface area contributed by atoms with Crippen LogP contribution >= 0.6 is 11.6 Å². The predicted octanol–water partition coefficient (Wildman–Crippen LogP) is 3.99. The van der Waals surface area contributed by atoms with Gasteiger partial charge in [0.25, 0.3) is 11.1 Å². The van der Waals surface area contributed by atoms with Gasteiger partial charge in [0.15, 0.2) is 0 Å². The first-order valence-corrected chi connectivity index (χ1v) is 11.4. The fraction of sp³-hybridized carbons (Fsp3) is 0.231. The molecule has 0 amide bonds. The lowest BCUT2D eigenvalue weighted by Crippen LogP contribution is -2.32. The van der Waals surface area contributed by atoms with Crippen molar-refractivity contribution >= 4 is 11.6 Å². The quantitative estimate of drug-likeness (QED) is 0.421. The molecule has 0 radical (unpaired) electrons. The lowest BCUT2D eigenvalue weighted by molar-refractivity contribution is 0.0769. The maximum absolute atomic E-state index is 13.8. The summed E-state index contributed by atoms with van der Waals surface area (Å²) in [5.74, 6) is 0.0298. The van der Waals surface area contributed by atoms with Crippen molar-refractivity contribution in [2.24, 2.45) is 0 Å². The molecule has 0 fully saturated rings. The monoisotopic (exact) mass is 510 g/mol. The summed E-state index contributed by atoms with van der Waals surface area (Å²) in [6.45, 7) is 6.34. The molecule has 0 spiro atoms. The van der Waals surface area contributed by atoms with Crippen molar-refractivity contribution in [2.45, 2.75) is 39.9 Å². The van der Waals surface area contributed by atoms with Gasteiger partial charge in [-0.1, -0.05) is 11.6 Å². The second-order valence-electron chi connectivity index (χ2n) is 8.83. The minimum Gasteiger partial charge on any atom is -0.487 e. The first kappa shape index (κ1) is 25.3. The Labute approximate surface area is 211 Å². The first-order valence-electron chi connectivity index (χ1n) is 11.0. The van der Waals surface area contributed by atoms with Crippen LogP contribution in [0, 0.1) is 19.7 Å². The second-order valence-corrected chi connectivity index (χ2v) is 9.24. The van der Waals surface area contributed by atoms with Gasteiger partial charge in [-0.05, 0) is 51.5 Å². The zero-order chi connectivity index (χ0) is 26.2. The Kier molecular flexibility index (Phi) is 6.79. The van der Waals surface area contributed by atoms with Gasteiger partial charge in [0.2, 0.25) is 0 Å². The average Bonchev–Trinajstić information content (AvgIpc) is 2.79. The summed E-state index contributed by atoms with van der Waals surface area (Å²) >= 11 is 6.18. The van der Waals surface area contributed by atoms with Crippen LogP contribution in [0.2, 0.25) is 5.02 Å². The molecular formula is C26H24ClFN4O4. The summed E-state index contributed by atoms with van der Waals surface area (Å²) in [7, 11) is 0. The van der Waals surface area contributed by atoms with Gasteiger partial charge in [-0.3, -0.25) is 23.7 Å². The lowest BCUT2D eigenvalue weighted by atomic mass is 10.00. The van der Waals surface area contributed by atoms with Gasteiger partial charge < -0.3 is 9.84 Å². The molecule has 36 heavy (non-hydrogen) atoms. The van der Waals surface area contributed by atoms with Crippen molar-refractivity contribution in [1.82, 2.24) is 19.1 Å². The van der Waals surface area contributed by atoms with E-state index in [0.29, 0.717) is 16.9 Å². The van der Waals surface area contributed by atoms with E-state index in [-0.39, 0.29) is 40.0 Å². The van der Waals surface area contributed by atoms with Crippen molar-refractivity contribution in [2.75, 3.05) is 0 Å². The lowest BCUT2D eigenvalue weighted by Gasteiger charge is -2.20. The number of halogens is 2. The van der Waals surface area contributed by atoms with Crippen molar-refractivity contribution < 1.29 is 14.2 Å². The molecule has 4 aromatic rings. The summed E-state index contributed by atoms with van der Waals surface area (Å²) in [5.41, 5.74) is -0.442. The molecule has 4 aromatic heterocycles. The van der Waals surface area contributed by atoms with Gasteiger partial charge in [0, 0.05) is 42.5 Å². The molecule has 0 aliphatic heterocycles. The number of aryl methyl sites for hydroxylation is 2. The third-order valence-electron chi connectivity index (χ3n) is 5.60. The molecular weight excluding hydrogens is 487 g/mol. The van der Waals surface area contributed by atoms with Gasteiger partial charge in [-0.25, -0.2) is 9.37 Å². The number of aliphatic hydroxyl groups is 1. The van der Waals surface area contributed by atoms with E-state index in [2.05, 4.69) is 9.97 Å². The number of nitrogens with zero attached hydrogens (tertiary/aromatic N) is 4. The Bertz CT molecular complexity index is 1570. The van der Waals surface area contributed by atoms with Gasteiger partial charge in [0.1, 0.15) is 29.7 Å². The molecule has 10 heteroatoms. The smallest absolute Gasteiger partial charge is 0.263 e. The molecule has 0 aromatic carbocycles. The van der Waals surface area contributed by atoms with E-state index >= 15 is 0 Å². The number of hydrogen-bond donors (Lipinski definition) is 1. The third kappa shape index (κ3) is 4.93. The van der Waals surface area contributed by atoms with Crippen LogP contribution in [0.25, 0.3) is 11.5 Å². The maximum atomic E-state index is 13.8. The number of rotatable bonds is 6.